The standard InChI is InChI=1S/C13H15N3O2/c1-9(2)16-8-7-15-12(13(16)17)18-11-6-4-3-5-10(11)14/h3-9H,14H2,1-2H3. The SMILES string of the molecule is CC(C)n1ccnc(Oc2ccccc2N)c1=O. The summed E-state index contributed by atoms with van der Waals surface area (Å²) in [4.78, 5) is 16.0. The fourth-order valence-corrected chi connectivity index (χ4v) is 1.56. The molecule has 18 heavy (non-hydrogen) atoms. The van der Waals surface area contributed by atoms with Crippen LogP contribution in [0.5, 0.6) is 11.6 Å². The van der Waals surface area contributed by atoms with Crippen LogP contribution in [0.15, 0.2) is 41.5 Å². The van der Waals surface area contributed by atoms with Gasteiger partial charge in [0.25, 0.3) is 5.88 Å². The zero-order valence-corrected chi connectivity index (χ0v) is 10.3. The first-order chi connectivity index (χ1) is 8.59. The Kier molecular flexibility index (Phi) is 3.32. The van der Waals surface area contributed by atoms with Crippen molar-refractivity contribution in [1.29, 1.82) is 0 Å². The lowest BCUT2D eigenvalue weighted by molar-refractivity contribution is 0.439. The molecule has 0 atom stereocenters. The third-order valence-corrected chi connectivity index (χ3v) is 2.52. The molecule has 1 aromatic carbocycles. The van der Waals surface area contributed by atoms with Gasteiger partial charge >= 0.3 is 5.56 Å². The molecule has 1 heterocycles. The molecule has 0 radical (unpaired) electrons. The van der Waals surface area contributed by atoms with Gasteiger partial charge in [0, 0.05) is 18.4 Å². The smallest absolute Gasteiger partial charge is 0.313 e. The van der Waals surface area contributed by atoms with E-state index < -0.39 is 0 Å². The molecule has 0 saturated carbocycles. The minimum atomic E-state index is -0.268. The van der Waals surface area contributed by atoms with Crippen LogP contribution in [-0.4, -0.2) is 9.55 Å². The largest absolute Gasteiger partial charge is 0.432 e. The molecule has 0 unspecified atom stereocenters. The van der Waals surface area contributed by atoms with Crippen molar-refractivity contribution >= 4 is 5.69 Å². The molecular weight excluding hydrogens is 230 g/mol. The molecule has 5 heteroatoms. The predicted molar refractivity (Wildman–Crippen MR) is 69.8 cm³/mol. The number of rotatable bonds is 3. The van der Waals surface area contributed by atoms with Crippen LogP contribution < -0.4 is 16.0 Å². The van der Waals surface area contributed by atoms with Crippen molar-refractivity contribution in [2.75, 3.05) is 5.73 Å². The van der Waals surface area contributed by atoms with Crippen LogP contribution in [0.25, 0.3) is 0 Å². The summed E-state index contributed by atoms with van der Waals surface area (Å²) in [6.07, 6.45) is 3.17. The van der Waals surface area contributed by atoms with Gasteiger partial charge in [0.1, 0.15) is 0 Å². The molecule has 0 fully saturated rings. The number of nitrogens with zero attached hydrogens (tertiary/aromatic N) is 2. The number of nitrogens with two attached hydrogens (primary N) is 1. The summed E-state index contributed by atoms with van der Waals surface area (Å²) < 4.78 is 7.02. The average Bonchev–Trinajstić information content (AvgIpc) is 2.34. The fraction of sp³-hybridized carbons (Fsp3) is 0.231. The highest BCUT2D eigenvalue weighted by Crippen LogP contribution is 2.23. The number of nitrogen functional groups attached to an aromatic ring is 1. The summed E-state index contributed by atoms with van der Waals surface area (Å²) in [6.45, 7) is 3.84. The lowest BCUT2D eigenvalue weighted by atomic mass is 10.3. The van der Waals surface area contributed by atoms with Crippen LogP contribution in [0.3, 0.4) is 0 Å². The van der Waals surface area contributed by atoms with E-state index >= 15 is 0 Å². The highest BCUT2D eigenvalue weighted by atomic mass is 16.5. The van der Waals surface area contributed by atoms with Gasteiger partial charge in [0.15, 0.2) is 5.75 Å². The maximum atomic E-state index is 12.1. The monoisotopic (exact) mass is 245 g/mol. The molecule has 2 aromatic rings. The highest BCUT2D eigenvalue weighted by molar-refractivity contribution is 5.52. The summed E-state index contributed by atoms with van der Waals surface area (Å²) in [5.41, 5.74) is 5.96. The van der Waals surface area contributed by atoms with Gasteiger partial charge in [0.2, 0.25) is 0 Å². The van der Waals surface area contributed by atoms with Gasteiger partial charge in [-0.15, -0.1) is 0 Å². The van der Waals surface area contributed by atoms with Crippen molar-refractivity contribution in [2.24, 2.45) is 0 Å². The Morgan fingerprint density at radius 2 is 2.06 bits per heavy atom. The van der Waals surface area contributed by atoms with Crippen LogP contribution in [0.2, 0.25) is 0 Å². The van der Waals surface area contributed by atoms with Crippen molar-refractivity contribution in [3.8, 4) is 11.6 Å². The summed E-state index contributed by atoms with van der Waals surface area (Å²) in [6, 6.07) is 7.04. The van der Waals surface area contributed by atoms with E-state index in [9.17, 15) is 4.79 Å². The van der Waals surface area contributed by atoms with Crippen LogP contribution in [0.4, 0.5) is 5.69 Å². The number of benzene rings is 1. The van der Waals surface area contributed by atoms with Gasteiger partial charge in [-0.2, -0.15) is 0 Å². The zero-order valence-electron chi connectivity index (χ0n) is 10.3. The first-order valence-corrected chi connectivity index (χ1v) is 5.69. The van der Waals surface area contributed by atoms with Gasteiger partial charge in [0.05, 0.1) is 5.69 Å². The zero-order chi connectivity index (χ0) is 13.1. The topological polar surface area (TPSA) is 70.1 Å². The molecule has 0 saturated heterocycles. The van der Waals surface area contributed by atoms with Crippen molar-refractivity contribution in [1.82, 2.24) is 9.55 Å². The van der Waals surface area contributed by atoms with Crippen LogP contribution >= 0.6 is 0 Å². The maximum Gasteiger partial charge on any atom is 0.313 e. The van der Waals surface area contributed by atoms with E-state index in [0.717, 1.165) is 0 Å². The molecule has 2 N–H and O–H groups in total. The lowest BCUT2D eigenvalue weighted by Crippen LogP contribution is -2.23. The quantitative estimate of drug-likeness (QED) is 0.841. The van der Waals surface area contributed by atoms with Crippen molar-refractivity contribution in [3.05, 3.63) is 47.0 Å². The van der Waals surface area contributed by atoms with E-state index in [0.29, 0.717) is 11.4 Å². The number of aromatic nitrogens is 2. The summed E-state index contributed by atoms with van der Waals surface area (Å²) in [7, 11) is 0. The Morgan fingerprint density at radius 1 is 1.33 bits per heavy atom. The fourth-order valence-electron chi connectivity index (χ4n) is 1.56. The molecule has 0 aliphatic heterocycles. The summed E-state index contributed by atoms with van der Waals surface area (Å²) >= 11 is 0. The Bertz CT molecular complexity index is 605. The molecule has 0 bridgehead atoms. The molecule has 5 nitrogen and oxygen atoms in total. The van der Waals surface area contributed by atoms with E-state index in [1.165, 1.54) is 6.20 Å². The van der Waals surface area contributed by atoms with E-state index in [-0.39, 0.29) is 17.5 Å². The van der Waals surface area contributed by atoms with Gasteiger partial charge < -0.3 is 15.0 Å². The minimum Gasteiger partial charge on any atom is -0.432 e. The Labute approximate surface area is 105 Å². The third kappa shape index (κ3) is 2.34. The average molecular weight is 245 g/mol. The van der Waals surface area contributed by atoms with Gasteiger partial charge in [-0.3, -0.25) is 4.79 Å². The van der Waals surface area contributed by atoms with Gasteiger partial charge in [-0.05, 0) is 26.0 Å². The molecule has 0 amide bonds. The molecule has 94 valence electrons. The molecule has 0 spiro atoms. The number of hydrogen-bond donors (Lipinski definition) is 1. The van der Waals surface area contributed by atoms with Crippen molar-refractivity contribution < 1.29 is 4.74 Å². The Hall–Kier alpha value is -2.30. The second-order valence-corrected chi connectivity index (χ2v) is 4.18. The molecule has 0 aliphatic carbocycles. The van der Waals surface area contributed by atoms with E-state index in [1.54, 1.807) is 35.0 Å². The molecule has 1 aromatic heterocycles. The Balaban J connectivity index is 2.39. The van der Waals surface area contributed by atoms with Crippen LogP contribution in [0.1, 0.15) is 19.9 Å². The van der Waals surface area contributed by atoms with E-state index in [4.69, 9.17) is 10.5 Å². The predicted octanol–water partition coefficient (Wildman–Crippen LogP) is 2.20. The highest BCUT2D eigenvalue weighted by Gasteiger charge is 2.10. The first-order valence-electron chi connectivity index (χ1n) is 5.69. The molecular formula is C13H15N3O2. The number of anilines is 1. The summed E-state index contributed by atoms with van der Waals surface area (Å²) in [5.74, 6) is 0.465. The first kappa shape index (κ1) is 12.2. The third-order valence-electron chi connectivity index (χ3n) is 2.52. The molecule has 0 aliphatic rings. The van der Waals surface area contributed by atoms with Crippen molar-refractivity contribution in [2.45, 2.75) is 19.9 Å². The lowest BCUT2D eigenvalue weighted by Gasteiger charge is -2.11. The summed E-state index contributed by atoms with van der Waals surface area (Å²) in [5, 5.41) is 0. The normalized spacial score (nSPS) is 10.6. The second-order valence-electron chi connectivity index (χ2n) is 4.18. The molecule has 2 rings (SSSR count). The minimum absolute atomic E-state index is 0.0316. The maximum absolute atomic E-state index is 12.1. The number of ether oxygens (including phenoxy) is 1. The number of para-hydroxylation sites is 2. The van der Waals surface area contributed by atoms with E-state index in [1.807, 2.05) is 13.8 Å². The van der Waals surface area contributed by atoms with Crippen molar-refractivity contribution in [3.63, 3.8) is 0 Å². The second kappa shape index (κ2) is 4.91. The van der Waals surface area contributed by atoms with Gasteiger partial charge in [-0.25, -0.2) is 4.98 Å². The van der Waals surface area contributed by atoms with E-state index in [2.05, 4.69) is 4.98 Å². The number of hydrogen-bond acceptors (Lipinski definition) is 4. The van der Waals surface area contributed by atoms with Crippen LogP contribution in [-0.2, 0) is 0 Å². The van der Waals surface area contributed by atoms with Crippen LogP contribution in [0, 0.1) is 0 Å². The van der Waals surface area contributed by atoms with Gasteiger partial charge in [-0.1, -0.05) is 12.1 Å². The Morgan fingerprint density at radius 3 is 2.72 bits per heavy atom.